The minimum atomic E-state index is -0.842. The number of hydrogen-bond donors (Lipinski definition) is 1. The van der Waals surface area contributed by atoms with Gasteiger partial charge in [0.15, 0.2) is 0 Å². The molecule has 20 heavy (non-hydrogen) atoms. The van der Waals surface area contributed by atoms with Crippen molar-refractivity contribution in [3.63, 3.8) is 0 Å². The van der Waals surface area contributed by atoms with Crippen LogP contribution in [0.15, 0.2) is 30.5 Å². The summed E-state index contributed by atoms with van der Waals surface area (Å²) in [5.41, 5.74) is 1.23. The first kappa shape index (κ1) is 14.5. The van der Waals surface area contributed by atoms with Crippen LogP contribution in [0.2, 0.25) is 0 Å². The van der Waals surface area contributed by atoms with E-state index in [1.165, 1.54) is 16.9 Å². The van der Waals surface area contributed by atoms with E-state index in [1.807, 2.05) is 18.2 Å². The van der Waals surface area contributed by atoms with E-state index < -0.39 is 5.97 Å². The molecule has 0 saturated heterocycles. The van der Waals surface area contributed by atoms with Crippen LogP contribution in [0.3, 0.4) is 0 Å². The molecule has 4 nitrogen and oxygen atoms in total. The highest BCUT2D eigenvalue weighted by Crippen LogP contribution is 2.22. The number of carboxylic acids is 1. The zero-order valence-corrected chi connectivity index (χ0v) is 12.3. The number of benzene rings is 1. The van der Waals surface area contributed by atoms with Gasteiger partial charge in [-0.2, -0.15) is 0 Å². The Kier molecular flexibility index (Phi) is 4.74. The summed E-state index contributed by atoms with van der Waals surface area (Å²) in [6.07, 6.45) is 1.61. The highest BCUT2D eigenvalue weighted by Gasteiger charge is 2.07. The zero-order chi connectivity index (χ0) is 14.5. The summed E-state index contributed by atoms with van der Waals surface area (Å²) in [4.78, 5) is 15.5. The third kappa shape index (κ3) is 4.06. The third-order valence-electron chi connectivity index (χ3n) is 2.81. The topological polar surface area (TPSA) is 59.4 Å². The molecule has 0 aliphatic heterocycles. The van der Waals surface area contributed by atoms with Crippen molar-refractivity contribution in [1.82, 2.24) is 4.98 Å². The van der Waals surface area contributed by atoms with Gasteiger partial charge in [-0.3, -0.25) is 4.79 Å². The summed E-state index contributed by atoms with van der Waals surface area (Å²) < 4.78 is 5.70. The highest BCUT2D eigenvalue weighted by molar-refractivity contribution is 7.11. The van der Waals surface area contributed by atoms with Gasteiger partial charge in [0.1, 0.15) is 17.4 Å². The molecule has 0 radical (unpaired) electrons. The summed E-state index contributed by atoms with van der Waals surface area (Å²) in [7, 11) is 0. The molecule has 2 rings (SSSR count). The number of thiazole rings is 1. The molecule has 1 heterocycles. The molecule has 0 spiro atoms. The molecule has 0 bridgehead atoms. The number of aromatic nitrogens is 1. The normalized spacial score (nSPS) is 10.8. The Morgan fingerprint density at radius 1 is 1.45 bits per heavy atom. The Morgan fingerprint density at radius 3 is 2.95 bits per heavy atom. The van der Waals surface area contributed by atoms with Crippen molar-refractivity contribution in [3.8, 4) is 5.75 Å². The molecule has 0 aliphatic carbocycles. The number of carboxylic acid groups (broad SMARTS) is 1. The van der Waals surface area contributed by atoms with Crippen LogP contribution in [-0.2, 0) is 17.8 Å². The second kappa shape index (κ2) is 6.52. The lowest BCUT2D eigenvalue weighted by atomic mass is 10.0. The summed E-state index contributed by atoms with van der Waals surface area (Å²) in [6, 6.07) is 7.99. The average molecular weight is 291 g/mol. The van der Waals surface area contributed by atoms with Crippen molar-refractivity contribution >= 4 is 17.3 Å². The molecule has 106 valence electrons. The molecule has 0 atom stereocenters. The fourth-order valence-electron chi connectivity index (χ4n) is 1.75. The molecule has 0 fully saturated rings. The number of rotatable bonds is 6. The first-order valence-corrected chi connectivity index (χ1v) is 7.24. The maximum atomic E-state index is 10.6. The van der Waals surface area contributed by atoms with Crippen molar-refractivity contribution < 1.29 is 14.6 Å². The van der Waals surface area contributed by atoms with Gasteiger partial charge in [-0.25, -0.2) is 4.98 Å². The Bertz CT molecular complexity index is 592. The molecular formula is C15H17NO3S. The monoisotopic (exact) mass is 291 g/mol. The molecule has 1 aromatic heterocycles. The van der Waals surface area contributed by atoms with Gasteiger partial charge >= 0.3 is 5.97 Å². The van der Waals surface area contributed by atoms with Crippen molar-refractivity contribution in [1.29, 1.82) is 0 Å². The van der Waals surface area contributed by atoms with Gasteiger partial charge in [0.2, 0.25) is 0 Å². The summed E-state index contributed by atoms with van der Waals surface area (Å²) in [6.45, 7) is 4.64. The number of aliphatic carboxylic acids is 1. The first-order valence-electron chi connectivity index (χ1n) is 6.42. The summed E-state index contributed by atoms with van der Waals surface area (Å²) in [5, 5.41) is 9.50. The summed E-state index contributed by atoms with van der Waals surface area (Å²) >= 11 is 1.37. The maximum absolute atomic E-state index is 10.6. The second-order valence-corrected chi connectivity index (χ2v) is 6.01. The van der Waals surface area contributed by atoms with E-state index in [9.17, 15) is 4.79 Å². The zero-order valence-electron chi connectivity index (χ0n) is 11.5. The summed E-state index contributed by atoms with van der Waals surface area (Å²) in [5.74, 6) is 0.428. The van der Waals surface area contributed by atoms with Gasteiger partial charge in [-0.15, -0.1) is 11.3 Å². The van der Waals surface area contributed by atoms with Crippen LogP contribution in [0.1, 0.15) is 35.2 Å². The number of ether oxygens (including phenoxy) is 1. The Labute approximate surface area is 122 Å². The molecule has 1 N–H and O–H groups in total. The van der Waals surface area contributed by atoms with Crippen molar-refractivity contribution in [2.75, 3.05) is 0 Å². The Morgan fingerprint density at radius 2 is 2.25 bits per heavy atom. The third-order valence-corrected chi connectivity index (χ3v) is 3.78. The van der Waals surface area contributed by atoms with E-state index in [0.29, 0.717) is 12.5 Å². The Balaban J connectivity index is 1.96. The smallest absolute Gasteiger partial charge is 0.308 e. The van der Waals surface area contributed by atoms with E-state index in [1.54, 1.807) is 6.20 Å². The molecule has 5 heteroatoms. The average Bonchev–Trinajstić information content (AvgIpc) is 2.83. The number of carbonyl (C=O) groups is 1. The first-order chi connectivity index (χ1) is 9.54. The van der Waals surface area contributed by atoms with E-state index in [-0.39, 0.29) is 6.42 Å². The van der Waals surface area contributed by atoms with Crippen LogP contribution < -0.4 is 4.74 Å². The van der Waals surface area contributed by atoms with E-state index in [0.717, 1.165) is 15.6 Å². The van der Waals surface area contributed by atoms with Crippen LogP contribution in [-0.4, -0.2) is 16.1 Å². The predicted molar refractivity (Wildman–Crippen MR) is 78.3 cm³/mol. The molecule has 0 unspecified atom stereocenters. The second-order valence-electron chi connectivity index (χ2n) is 4.81. The number of hydrogen-bond acceptors (Lipinski definition) is 4. The molecule has 0 amide bonds. The predicted octanol–water partition coefficient (Wildman–Crippen LogP) is 3.47. The van der Waals surface area contributed by atoms with Gasteiger partial charge < -0.3 is 9.84 Å². The fourth-order valence-corrected chi connectivity index (χ4v) is 2.58. The number of nitrogens with zero attached hydrogens (tertiary/aromatic N) is 1. The highest BCUT2D eigenvalue weighted by atomic mass is 32.1. The standard InChI is InChI=1S/C15H17NO3S/c1-10(2)11-4-3-5-12(6-11)19-9-14-16-8-13(20-14)7-15(17)18/h3-6,8,10H,7,9H2,1-2H3,(H,17,18). The van der Waals surface area contributed by atoms with E-state index in [4.69, 9.17) is 9.84 Å². The largest absolute Gasteiger partial charge is 0.486 e. The van der Waals surface area contributed by atoms with Crippen LogP contribution in [0.4, 0.5) is 0 Å². The molecule has 0 saturated carbocycles. The minimum absolute atomic E-state index is 0.0144. The van der Waals surface area contributed by atoms with Crippen molar-refractivity contribution in [2.45, 2.75) is 32.8 Å². The van der Waals surface area contributed by atoms with Crippen LogP contribution in [0.5, 0.6) is 5.75 Å². The van der Waals surface area contributed by atoms with Gasteiger partial charge in [-0.05, 0) is 23.6 Å². The lowest BCUT2D eigenvalue weighted by Gasteiger charge is -2.08. The van der Waals surface area contributed by atoms with E-state index in [2.05, 4.69) is 24.9 Å². The van der Waals surface area contributed by atoms with E-state index >= 15 is 0 Å². The van der Waals surface area contributed by atoms with Crippen LogP contribution >= 0.6 is 11.3 Å². The molecular weight excluding hydrogens is 274 g/mol. The lowest BCUT2D eigenvalue weighted by Crippen LogP contribution is -1.97. The fraction of sp³-hybridized carbons (Fsp3) is 0.333. The van der Waals surface area contributed by atoms with Crippen LogP contribution in [0, 0.1) is 0 Å². The Hall–Kier alpha value is -1.88. The van der Waals surface area contributed by atoms with Gasteiger partial charge in [-0.1, -0.05) is 26.0 Å². The lowest BCUT2D eigenvalue weighted by molar-refractivity contribution is -0.136. The minimum Gasteiger partial charge on any atom is -0.486 e. The van der Waals surface area contributed by atoms with Gasteiger partial charge in [0.05, 0.1) is 6.42 Å². The van der Waals surface area contributed by atoms with Crippen molar-refractivity contribution in [3.05, 3.63) is 45.9 Å². The van der Waals surface area contributed by atoms with Gasteiger partial charge in [0, 0.05) is 11.1 Å². The van der Waals surface area contributed by atoms with Gasteiger partial charge in [0.25, 0.3) is 0 Å². The molecule has 0 aliphatic rings. The SMILES string of the molecule is CC(C)c1cccc(OCc2ncc(CC(=O)O)s2)c1. The molecule has 2 aromatic rings. The molecule has 1 aromatic carbocycles. The van der Waals surface area contributed by atoms with Crippen LogP contribution in [0.25, 0.3) is 0 Å². The quantitative estimate of drug-likeness (QED) is 0.885. The maximum Gasteiger partial charge on any atom is 0.308 e. The van der Waals surface area contributed by atoms with Crippen molar-refractivity contribution in [2.24, 2.45) is 0 Å².